The fourth-order valence-corrected chi connectivity index (χ4v) is 1.30. The van der Waals surface area contributed by atoms with Gasteiger partial charge in [-0.05, 0) is 25.2 Å². The quantitative estimate of drug-likeness (QED) is 0.739. The van der Waals surface area contributed by atoms with E-state index in [-0.39, 0.29) is 22.9 Å². The molecule has 0 aliphatic carbocycles. The predicted molar refractivity (Wildman–Crippen MR) is 72.2 cm³/mol. The molecule has 5 N–H and O–H groups in total. The van der Waals surface area contributed by atoms with Crippen molar-refractivity contribution in [1.82, 2.24) is 4.98 Å². The van der Waals surface area contributed by atoms with Gasteiger partial charge < -0.3 is 21.3 Å². The maximum Gasteiger partial charge on any atom is 0.354 e. The Balaban J connectivity index is 0.000000956. The van der Waals surface area contributed by atoms with E-state index >= 15 is 0 Å². The Labute approximate surface area is 114 Å². The number of aromatic carboxylic acids is 1. The van der Waals surface area contributed by atoms with Crippen LogP contribution in [0.25, 0.3) is 0 Å². The fraction of sp³-hybridized carbons (Fsp3) is 0.0769. The molecule has 0 atom stereocenters. The highest BCUT2D eigenvalue weighted by Gasteiger charge is 2.07. The third kappa shape index (κ3) is 3.92. The number of hydrogen-bond acceptors (Lipinski definition) is 5. The first-order chi connectivity index (χ1) is 9.56. The van der Waals surface area contributed by atoms with Gasteiger partial charge in [0.1, 0.15) is 17.3 Å². The van der Waals surface area contributed by atoms with Crippen LogP contribution in [0.5, 0.6) is 11.5 Å². The van der Waals surface area contributed by atoms with Gasteiger partial charge in [0.25, 0.3) is 0 Å². The third-order valence-electron chi connectivity index (χ3n) is 2.16. The van der Waals surface area contributed by atoms with Crippen molar-refractivity contribution in [2.45, 2.75) is 0 Å². The molecule has 106 valence electrons. The van der Waals surface area contributed by atoms with Crippen molar-refractivity contribution in [2.24, 2.45) is 5.73 Å². The standard InChI is InChI=1S/C12H9FN2O3.CH5N/c13-9-5-7(1-2-10(9)14)18-8-3-4-15-11(6-8)12(16)17;1-2/h1-6H,14H2,(H,16,17);2H2,1H3. The van der Waals surface area contributed by atoms with E-state index in [9.17, 15) is 9.18 Å². The number of aromatic nitrogens is 1. The molecule has 1 aromatic carbocycles. The summed E-state index contributed by atoms with van der Waals surface area (Å²) in [4.78, 5) is 14.3. The van der Waals surface area contributed by atoms with Gasteiger partial charge in [0, 0.05) is 18.3 Å². The topological polar surface area (TPSA) is 111 Å². The molecular weight excluding hydrogens is 265 g/mol. The number of carboxylic acid groups (broad SMARTS) is 1. The molecule has 0 aliphatic rings. The summed E-state index contributed by atoms with van der Waals surface area (Å²) in [7, 11) is 1.50. The van der Waals surface area contributed by atoms with E-state index in [1.807, 2.05) is 0 Å². The van der Waals surface area contributed by atoms with Gasteiger partial charge >= 0.3 is 5.97 Å². The van der Waals surface area contributed by atoms with E-state index in [0.29, 0.717) is 0 Å². The van der Waals surface area contributed by atoms with Gasteiger partial charge in [-0.1, -0.05) is 0 Å². The molecule has 0 bridgehead atoms. The Morgan fingerprint density at radius 3 is 2.50 bits per heavy atom. The minimum atomic E-state index is -1.16. The lowest BCUT2D eigenvalue weighted by Gasteiger charge is -2.06. The van der Waals surface area contributed by atoms with Crippen LogP contribution in [0.4, 0.5) is 10.1 Å². The molecule has 1 heterocycles. The van der Waals surface area contributed by atoms with Crippen LogP contribution >= 0.6 is 0 Å². The first kappa shape index (κ1) is 15.4. The molecule has 0 saturated heterocycles. The Kier molecular flexibility index (Phi) is 5.42. The molecule has 6 nitrogen and oxygen atoms in total. The van der Waals surface area contributed by atoms with E-state index in [2.05, 4.69) is 10.7 Å². The number of nitrogens with two attached hydrogens (primary N) is 2. The van der Waals surface area contributed by atoms with E-state index in [1.54, 1.807) is 0 Å². The Morgan fingerprint density at radius 2 is 1.90 bits per heavy atom. The maximum atomic E-state index is 13.2. The molecular formula is C13H14FN3O3. The molecule has 0 fully saturated rings. The van der Waals surface area contributed by atoms with Crippen molar-refractivity contribution in [3.05, 3.63) is 48.0 Å². The summed E-state index contributed by atoms with van der Waals surface area (Å²) in [5.41, 5.74) is 9.69. The summed E-state index contributed by atoms with van der Waals surface area (Å²) in [5, 5.41) is 8.76. The van der Waals surface area contributed by atoms with Gasteiger partial charge in [-0.3, -0.25) is 0 Å². The van der Waals surface area contributed by atoms with Crippen molar-refractivity contribution in [3.8, 4) is 11.5 Å². The zero-order valence-electron chi connectivity index (χ0n) is 10.7. The smallest absolute Gasteiger partial charge is 0.354 e. The van der Waals surface area contributed by atoms with Crippen LogP contribution in [0.15, 0.2) is 36.5 Å². The van der Waals surface area contributed by atoms with Crippen molar-refractivity contribution in [3.63, 3.8) is 0 Å². The number of benzene rings is 1. The first-order valence-corrected chi connectivity index (χ1v) is 5.56. The van der Waals surface area contributed by atoms with Crippen LogP contribution in [-0.4, -0.2) is 23.1 Å². The SMILES string of the molecule is CN.Nc1ccc(Oc2ccnc(C(=O)O)c2)cc1F. The largest absolute Gasteiger partial charge is 0.477 e. The van der Waals surface area contributed by atoms with Crippen molar-refractivity contribution >= 4 is 11.7 Å². The Hall–Kier alpha value is -2.67. The molecule has 2 aromatic rings. The lowest BCUT2D eigenvalue weighted by molar-refractivity contribution is 0.0690. The van der Waals surface area contributed by atoms with Crippen LogP contribution < -0.4 is 16.2 Å². The monoisotopic (exact) mass is 279 g/mol. The highest BCUT2D eigenvalue weighted by Crippen LogP contribution is 2.24. The number of nitrogens with zero attached hydrogens (tertiary/aromatic N) is 1. The molecule has 0 saturated carbocycles. The summed E-state index contributed by atoms with van der Waals surface area (Å²) in [6.07, 6.45) is 1.30. The number of rotatable bonds is 3. The number of pyridine rings is 1. The number of anilines is 1. The highest BCUT2D eigenvalue weighted by molar-refractivity contribution is 5.85. The average molecular weight is 279 g/mol. The minimum Gasteiger partial charge on any atom is -0.477 e. The van der Waals surface area contributed by atoms with Crippen LogP contribution in [0, 0.1) is 5.82 Å². The molecule has 0 aliphatic heterocycles. The number of carboxylic acids is 1. The summed E-state index contributed by atoms with van der Waals surface area (Å²) in [5.74, 6) is -1.28. The van der Waals surface area contributed by atoms with Crippen molar-refractivity contribution < 1.29 is 19.0 Å². The van der Waals surface area contributed by atoms with E-state index < -0.39 is 11.8 Å². The third-order valence-corrected chi connectivity index (χ3v) is 2.16. The Morgan fingerprint density at radius 1 is 1.25 bits per heavy atom. The van der Waals surface area contributed by atoms with Gasteiger partial charge in [0.2, 0.25) is 0 Å². The molecule has 0 unspecified atom stereocenters. The predicted octanol–water partition coefficient (Wildman–Crippen LogP) is 1.87. The van der Waals surface area contributed by atoms with Crippen LogP contribution in [0.1, 0.15) is 10.5 Å². The number of ether oxygens (including phenoxy) is 1. The maximum absolute atomic E-state index is 13.2. The Bertz CT molecular complexity index is 605. The first-order valence-electron chi connectivity index (χ1n) is 5.56. The summed E-state index contributed by atoms with van der Waals surface area (Å²) in [6.45, 7) is 0. The normalized spacial score (nSPS) is 9.35. The molecule has 20 heavy (non-hydrogen) atoms. The lowest BCUT2D eigenvalue weighted by Crippen LogP contribution is -1.99. The van der Waals surface area contributed by atoms with Gasteiger partial charge in [0.05, 0.1) is 5.69 Å². The zero-order chi connectivity index (χ0) is 15.1. The number of halogens is 1. The molecule has 2 rings (SSSR count). The molecule has 0 amide bonds. The summed E-state index contributed by atoms with van der Waals surface area (Å²) < 4.78 is 18.5. The second-order valence-corrected chi connectivity index (χ2v) is 3.47. The molecule has 7 heteroatoms. The zero-order valence-corrected chi connectivity index (χ0v) is 10.7. The van der Waals surface area contributed by atoms with Crippen LogP contribution in [0.3, 0.4) is 0 Å². The number of hydrogen-bond donors (Lipinski definition) is 3. The molecule has 0 radical (unpaired) electrons. The van der Waals surface area contributed by atoms with E-state index in [0.717, 1.165) is 6.07 Å². The van der Waals surface area contributed by atoms with Crippen molar-refractivity contribution in [1.29, 1.82) is 0 Å². The van der Waals surface area contributed by atoms with Gasteiger partial charge in [-0.2, -0.15) is 0 Å². The second-order valence-electron chi connectivity index (χ2n) is 3.47. The van der Waals surface area contributed by atoms with Gasteiger partial charge in [0.15, 0.2) is 5.69 Å². The minimum absolute atomic E-state index is 0.0169. The number of carbonyl (C=O) groups is 1. The van der Waals surface area contributed by atoms with Crippen molar-refractivity contribution in [2.75, 3.05) is 12.8 Å². The van der Waals surface area contributed by atoms with E-state index in [1.165, 1.54) is 37.5 Å². The van der Waals surface area contributed by atoms with E-state index in [4.69, 9.17) is 15.6 Å². The fourth-order valence-electron chi connectivity index (χ4n) is 1.30. The molecule has 0 spiro atoms. The highest BCUT2D eigenvalue weighted by atomic mass is 19.1. The average Bonchev–Trinajstić information content (AvgIpc) is 2.45. The second kappa shape index (κ2) is 7.05. The summed E-state index contributed by atoms with van der Waals surface area (Å²) in [6, 6.07) is 6.69. The number of nitrogen functional groups attached to an aromatic ring is 1. The lowest BCUT2D eigenvalue weighted by atomic mass is 10.3. The molecule has 1 aromatic heterocycles. The van der Waals surface area contributed by atoms with Crippen LogP contribution in [-0.2, 0) is 0 Å². The van der Waals surface area contributed by atoms with Gasteiger partial charge in [-0.25, -0.2) is 14.2 Å². The summed E-state index contributed by atoms with van der Waals surface area (Å²) >= 11 is 0. The van der Waals surface area contributed by atoms with Crippen LogP contribution in [0.2, 0.25) is 0 Å². The van der Waals surface area contributed by atoms with Gasteiger partial charge in [-0.15, -0.1) is 0 Å².